The van der Waals surface area contributed by atoms with Gasteiger partial charge in [0.2, 0.25) is 0 Å². The molecular formula is C24H32N4O3. The first-order valence-electron chi connectivity index (χ1n) is 10.6. The van der Waals surface area contributed by atoms with Crippen molar-refractivity contribution in [3.8, 4) is 28.9 Å². The fraction of sp³-hybridized carbons (Fsp3) is 0.417. The Labute approximate surface area is 183 Å². The first kappa shape index (κ1) is 22.6. The maximum Gasteiger partial charge on any atom is 0.315 e. The first-order chi connectivity index (χ1) is 14.7. The predicted octanol–water partition coefficient (Wildman–Crippen LogP) is 4.32. The molecule has 0 aliphatic rings. The molecule has 3 aromatic rings. The molecule has 0 aliphatic heterocycles. The number of aromatic nitrogens is 3. The molecule has 0 radical (unpaired) electrons. The average molecular weight is 425 g/mol. The van der Waals surface area contributed by atoms with Gasteiger partial charge in [-0.05, 0) is 41.6 Å². The molecule has 31 heavy (non-hydrogen) atoms. The molecule has 0 bridgehead atoms. The smallest absolute Gasteiger partial charge is 0.315 e. The minimum absolute atomic E-state index is 0.0320. The Morgan fingerprint density at radius 3 is 2.16 bits per heavy atom. The summed E-state index contributed by atoms with van der Waals surface area (Å²) in [6.07, 6.45) is 0. The number of rotatable bonds is 8. The highest BCUT2D eigenvalue weighted by molar-refractivity contribution is 5.68. The minimum Gasteiger partial charge on any atom is -0.508 e. The van der Waals surface area contributed by atoms with E-state index in [4.69, 9.17) is 0 Å². The third kappa shape index (κ3) is 5.35. The Hall–Kier alpha value is -3.06. The highest BCUT2D eigenvalue weighted by Crippen LogP contribution is 2.38. The third-order valence-corrected chi connectivity index (χ3v) is 5.23. The van der Waals surface area contributed by atoms with E-state index in [0.717, 1.165) is 18.7 Å². The summed E-state index contributed by atoms with van der Waals surface area (Å²) >= 11 is 0. The van der Waals surface area contributed by atoms with Crippen LogP contribution in [0.25, 0.3) is 11.4 Å². The summed E-state index contributed by atoms with van der Waals surface area (Å²) in [5.74, 6) is 0.943. The predicted molar refractivity (Wildman–Crippen MR) is 121 cm³/mol. The fourth-order valence-electron chi connectivity index (χ4n) is 3.81. The second-order valence-electron chi connectivity index (χ2n) is 8.90. The second kappa shape index (κ2) is 9.39. The first-order valence-corrected chi connectivity index (χ1v) is 10.6. The van der Waals surface area contributed by atoms with Crippen LogP contribution in [0, 0.1) is 5.92 Å². The van der Waals surface area contributed by atoms with Crippen LogP contribution in [-0.4, -0.2) is 48.6 Å². The SMILES string of the molecule is CC(C)CN(C)Cc1ccc(Cn2c(O)nnc2-c2cc(C(C)C)c(O)cc2O)cc1. The molecule has 7 heteroatoms. The van der Waals surface area contributed by atoms with Gasteiger partial charge in [0.1, 0.15) is 11.5 Å². The normalized spacial score (nSPS) is 11.7. The molecule has 2 aromatic carbocycles. The molecule has 0 atom stereocenters. The Morgan fingerprint density at radius 1 is 0.903 bits per heavy atom. The summed E-state index contributed by atoms with van der Waals surface area (Å²) in [7, 11) is 2.12. The van der Waals surface area contributed by atoms with Gasteiger partial charge in [-0.3, -0.25) is 4.57 Å². The number of hydrogen-bond donors (Lipinski definition) is 3. The van der Waals surface area contributed by atoms with Gasteiger partial charge in [0.15, 0.2) is 5.82 Å². The van der Waals surface area contributed by atoms with Crippen LogP contribution in [0.4, 0.5) is 0 Å². The molecule has 0 saturated heterocycles. The third-order valence-electron chi connectivity index (χ3n) is 5.23. The van der Waals surface area contributed by atoms with Crippen LogP contribution in [0.5, 0.6) is 17.5 Å². The van der Waals surface area contributed by atoms with Gasteiger partial charge < -0.3 is 20.2 Å². The number of aromatic hydroxyl groups is 3. The van der Waals surface area contributed by atoms with E-state index in [9.17, 15) is 15.3 Å². The lowest BCUT2D eigenvalue weighted by molar-refractivity contribution is 0.288. The minimum atomic E-state index is -0.227. The molecule has 1 heterocycles. The van der Waals surface area contributed by atoms with Crippen LogP contribution >= 0.6 is 0 Å². The van der Waals surface area contributed by atoms with Gasteiger partial charge in [-0.1, -0.05) is 57.1 Å². The lowest BCUT2D eigenvalue weighted by Gasteiger charge is -2.19. The molecule has 0 spiro atoms. The van der Waals surface area contributed by atoms with Crippen LogP contribution < -0.4 is 0 Å². The van der Waals surface area contributed by atoms with Crippen molar-refractivity contribution < 1.29 is 15.3 Å². The Bertz CT molecular complexity index is 1030. The van der Waals surface area contributed by atoms with E-state index in [1.807, 2.05) is 26.0 Å². The summed E-state index contributed by atoms with van der Waals surface area (Å²) in [6, 6.07) is 11.0. The standard InChI is InChI=1S/C24H32N4O3/c1-15(2)12-27(5)13-17-6-8-18(9-7-17)14-28-23(25-26-24(28)31)20-10-19(16(3)4)21(29)11-22(20)30/h6-11,15-16,29-30H,12-14H2,1-5H3,(H,26,31). The van der Waals surface area contributed by atoms with Crippen molar-refractivity contribution in [2.75, 3.05) is 13.6 Å². The summed E-state index contributed by atoms with van der Waals surface area (Å²) in [6.45, 7) is 10.6. The quantitative estimate of drug-likeness (QED) is 0.498. The molecule has 0 fully saturated rings. The van der Waals surface area contributed by atoms with Gasteiger partial charge in [0, 0.05) is 19.2 Å². The Balaban J connectivity index is 1.85. The maximum absolute atomic E-state index is 10.4. The number of nitrogens with zero attached hydrogens (tertiary/aromatic N) is 4. The van der Waals surface area contributed by atoms with Crippen molar-refractivity contribution in [3.05, 3.63) is 53.1 Å². The van der Waals surface area contributed by atoms with Crippen LogP contribution in [-0.2, 0) is 13.1 Å². The second-order valence-corrected chi connectivity index (χ2v) is 8.90. The van der Waals surface area contributed by atoms with Crippen LogP contribution in [0.3, 0.4) is 0 Å². The molecule has 3 N–H and O–H groups in total. The maximum atomic E-state index is 10.4. The Morgan fingerprint density at radius 2 is 1.55 bits per heavy atom. The largest absolute Gasteiger partial charge is 0.508 e. The van der Waals surface area contributed by atoms with E-state index in [1.165, 1.54) is 11.6 Å². The van der Waals surface area contributed by atoms with Gasteiger partial charge in [0.25, 0.3) is 0 Å². The molecule has 0 amide bonds. The Kier molecular flexibility index (Phi) is 6.85. The number of hydrogen-bond acceptors (Lipinski definition) is 6. The molecule has 0 unspecified atom stereocenters. The van der Waals surface area contributed by atoms with Gasteiger partial charge in [-0.25, -0.2) is 0 Å². The lowest BCUT2D eigenvalue weighted by Crippen LogP contribution is -2.22. The van der Waals surface area contributed by atoms with Crippen molar-refractivity contribution >= 4 is 0 Å². The van der Waals surface area contributed by atoms with Gasteiger partial charge in [-0.15, -0.1) is 5.10 Å². The van der Waals surface area contributed by atoms with E-state index in [2.05, 4.69) is 48.1 Å². The topological polar surface area (TPSA) is 94.6 Å². The van der Waals surface area contributed by atoms with E-state index in [1.54, 1.807) is 10.6 Å². The van der Waals surface area contributed by atoms with Crippen molar-refractivity contribution in [3.63, 3.8) is 0 Å². The monoisotopic (exact) mass is 424 g/mol. The number of benzene rings is 2. The van der Waals surface area contributed by atoms with Crippen LogP contribution in [0.15, 0.2) is 36.4 Å². The summed E-state index contributed by atoms with van der Waals surface area (Å²) in [4.78, 5) is 2.29. The molecule has 7 nitrogen and oxygen atoms in total. The molecular weight excluding hydrogens is 392 g/mol. The van der Waals surface area contributed by atoms with Crippen LogP contribution in [0.1, 0.15) is 50.3 Å². The molecule has 1 aromatic heterocycles. The summed E-state index contributed by atoms with van der Waals surface area (Å²) in [5, 5.41) is 38.7. The summed E-state index contributed by atoms with van der Waals surface area (Å²) in [5.41, 5.74) is 3.31. The lowest BCUT2D eigenvalue weighted by atomic mass is 9.98. The average Bonchev–Trinajstić information content (AvgIpc) is 3.03. The zero-order valence-corrected chi connectivity index (χ0v) is 18.9. The zero-order valence-electron chi connectivity index (χ0n) is 18.9. The molecule has 166 valence electrons. The van der Waals surface area contributed by atoms with Gasteiger partial charge >= 0.3 is 6.01 Å². The fourth-order valence-corrected chi connectivity index (χ4v) is 3.81. The molecule has 0 saturated carbocycles. The highest BCUT2D eigenvalue weighted by Gasteiger charge is 2.20. The van der Waals surface area contributed by atoms with E-state index < -0.39 is 0 Å². The number of phenols is 2. The van der Waals surface area contributed by atoms with Gasteiger partial charge in [0.05, 0.1) is 12.1 Å². The van der Waals surface area contributed by atoms with Crippen molar-refractivity contribution in [1.29, 1.82) is 0 Å². The highest BCUT2D eigenvalue weighted by atomic mass is 16.3. The summed E-state index contributed by atoms with van der Waals surface area (Å²) < 4.78 is 1.55. The van der Waals surface area contributed by atoms with E-state index >= 15 is 0 Å². The van der Waals surface area contributed by atoms with Crippen LogP contribution in [0.2, 0.25) is 0 Å². The van der Waals surface area contributed by atoms with E-state index in [-0.39, 0.29) is 23.4 Å². The van der Waals surface area contributed by atoms with Crippen molar-refractivity contribution in [1.82, 2.24) is 19.7 Å². The zero-order chi connectivity index (χ0) is 22.7. The van der Waals surface area contributed by atoms with E-state index in [0.29, 0.717) is 29.4 Å². The number of phenolic OH excluding ortho intramolecular Hbond substituents is 2. The van der Waals surface area contributed by atoms with Crippen molar-refractivity contribution in [2.45, 2.75) is 46.7 Å². The molecule has 0 aliphatic carbocycles. The molecule has 3 rings (SSSR count). The van der Waals surface area contributed by atoms with Crippen molar-refractivity contribution in [2.24, 2.45) is 5.92 Å². The van der Waals surface area contributed by atoms with Gasteiger partial charge in [-0.2, -0.15) is 0 Å².